The first-order valence-electron chi connectivity index (χ1n) is 6.05. The summed E-state index contributed by atoms with van der Waals surface area (Å²) in [5.74, 6) is -1.43. The summed E-state index contributed by atoms with van der Waals surface area (Å²) in [6.45, 7) is 1.82. The van der Waals surface area contributed by atoms with Crippen LogP contribution in [0.1, 0.15) is 16.2 Å². The van der Waals surface area contributed by atoms with E-state index >= 15 is 0 Å². The Kier molecular flexibility index (Phi) is 2.75. The predicted molar refractivity (Wildman–Crippen MR) is 72.3 cm³/mol. The molecule has 100 valence electrons. The van der Waals surface area contributed by atoms with Crippen LogP contribution in [0.3, 0.4) is 0 Å². The van der Waals surface area contributed by atoms with Crippen molar-refractivity contribution in [3.63, 3.8) is 0 Å². The van der Waals surface area contributed by atoms with E-state index in [1.165, 1.54) is 24.3 Å². The van der Waals surface area contributed by atoms with Crippen molar-refractivity contribution in [2.24, 2.45) is 0 Å². The molecule has 4 nitrogen and oxygen atoms in total. The van der Waals surface area contributed by atoms with Crippen LogP contribution in [-0.4, -0.2) is 20.5 Å². The summed E-state index contributed by atoms with van der Waals surface area (Å²) in [4.78, 5) is 15.9. The van der Waals surface area contributed by atoms with E-state index < -0.39 is 5.97 Å². The summed E-state index contributed by atoms with van der Waals surface area (Å²) in [5, 5.41) is 9.46. The Morgan fingerprint density at radius 2 is 1.90 bits per heavy atom. The first kappa shape index (κ1) is 12.3. The lowest BCUT2D eigenvalue weighted by molar-refractivity contribution is 0.0690. The van der Waals surface area contributed by atoms with Gasteiger partial charge in [-0.25, -0.2) is 14.2 Å². The summed E-state index contributed by atoms with van der Waals surface area (Å²) in [6, 6.07) is 11.0. The summed E-state index contributed by atoms with van der Waals surface area (Å²) < 4.78 is 14.6. The highest BCUT2D eigenvalue weighted by atomic mass is 19.1. The van der Waals surface area contributed by atoms with E-state index in [0.717, 1.165) is 5.69 Å². The number of carbonyl (C=O) groups is 1. The van der Waals surface area contributed by atoms with Gasteiger partial charge in [0.2, 0.25) is 0 Å². The highest BCUT2D eigenvalue weighted by molar-refractivity contribution is 5.94. The van der Waals surface area contributed by atoms with Gasteiger partial charge in [-0.2, -0.15) is 0 Å². The van der Waals surface area contributed by atoms with Gasteiger partial charge in [0.25, 0.3) is 0 Å². The number of hydrogen-bond acceptors (Lipinski definition) is 2. The van der Waals surface area contributed by atoms with Crippen LogP contribution < -0.4 is 0 Å². The molecular weight excluding hydrogens is 259 g/mol. The van der Waals surface area contributed by atoms with Crippen molar-refractivity contribution in [1.82, 2.24) is 9.38 Å². The lowest BCUT2D eigenvalue weighted by atomic mass is 10.1. The zero-order chi connectivity index (χ0) is 14.3. The molecule has 2 aromatic heterocycles. The number of aryl methyl sites for hydroxylation is 1. The van der Waals surface area contributed by atoms with E-state index in [-0.39, 0.29) is 11.5 Å². The molecule has 1 aromatic carbocycles. The maximum absolute atomic E-state index is 13.0. The Morgan fingerprint density at radius 3 is 2.55 bits per heavy atom. The second-order valence-electron chi connectivity index (χ2n) is 4.48. The molecule has 20 heavy (non-hydrogen) atoms. The van der Waals surface area contributed by atoms with E-state index in [4.69, 9.17) is 0 Å². The molecule has 0 bridgehead atoms. The number of aromatic carboxylic acids is 1. The van der Waals surface area contributed by atoms with E-state index in [2.05, 4.69) is 4.98 Å². The summed E-state index contributed by atoms with van der Waals surface area (Å²) in [7, 11) is 0. The standard InChI is InChI=1S/C15H11FN2O2/c1-9-3-2-4-12-17-13(14(15(19)20)18(9)12)10-5-7-11(16)8-6-10/h2-8H,1H3,(H,19,20). The molecule has 2 heterocycles. The second kappa shape index (κ2) is 4.45. The van der Waals surface area contributed by atoms with Crippen LogP contribution in [0.5, 0.6) is 0 Å². The van der Waals surface area contributed by atoms with Crippen LogP contribution in [0.4, 0.5) is 4.39 Å². The Labute approximate surface area is 114 Å². The Balaban J connectivity index is 2.35. The molecule has 0 fully saturated rings. The van der Waals surface area contributed by atoms with Gasteiger partial charge in [-0.1, -0.05) is 6.07 Å². The van der Waals surface area contributed by atoms with E-state index in [1.807, 2.05) is 19.1 Å². The summed E-state index contributed by atoms with van der Waals surface area (Å²) in [5.41, 5.74) is 2.34. The van der Waals surface area contributed by atoms with E-state index in [9.17, 15) is 14.3 Å². The molecule has 0 amide bonds. The molecule has 3 rings (SSSR count). The summed E-state index contributed by atoms with van der Waals surface area (Å²) in [6.07, 6.45) is 0. The maximum atomic E-state index is 13.0. The minimum atomic E-state index is -1.06. The molecule has 0 aliphatic carbocycles. The van der Waals surface area contributed by atoms with Crippen molar-refractivity contribution < 1.29 is 14.3 Å². The van der Waals surface area contributed by atoms with Crippen molar-refractivity contribution in [2.75, 3.05) is 0 Å². The number of benzene rings is 1. The fraction of sp³-hybridized carbons (Fsp3) is 0.0667. The Hall–Kier alpha value is -2.69. The second-order valence-corrected chi connectivity index (χ2v) is 4.48. The lowest BCUT2D eigenvalue weighted by Crippen LogP contribution is -2.05. The smallest absolute Gasteiger partial charge is 0.355 e. The molecule has 0 unspecified atom stereocenters. The zero-order valence-electron chi connectivity index (χ0n) is 10.7. The van der Waals surface area contributed by atoms with Gasteiger partial charge in [0.15, 0.2) is 5.69 Å². The number of rotatable bonds is 2. The lowest BCUT2D eigenvalue weighted by Gasteiger charge is -2.03. The number of carboxylic acid groups (broad SMARTS) is 1. The van der Waals surface area contributed by atoms with Crippen LogP contribution in [-0.2, 0) is 0 Å². The van der Waals surface area contributed by atoms with Crippen LogP contribution >= 0.6 is 0 Å². The highest BCUT2D eigenvalue weighted by Gasteiger charge is 2.20. The van der Waals surface area contributed by atoms with Gasteiger partial charge in [0.05, 0.1) is 0 Å². The van der Waals surface area contributed by atoms with Gasteiger partial charge in [-0.05, 0) is 43.3 Å². The fourth-order valence-corrected chi connectivity index (χ4v) is 2.26. The van der Waals surface area contributed by atoms with Crippen molar-refractivity contribution in [1.29, 1.82) is 0 Å². The van der Waals surface area contributed by atoms with Crippen molar-refractivity contribution in [2.45, 2.75) is 6.92 Å². The molecule has 0 saturated carbocycles. The third-order valence-corrected chi connectivity index (χ3v) is 3.16. The molecule has 0 atom stereocenters. The predicted octanol–water partition coefficient (Wildman–Crippen LogP) is 3.15. The molecule has 1 N–H and O–H groups in total. The molecule has 0 aliphatic heterocycles. The molecule has 3 aromatic rings. The van der Waals surface area contributed by atoms with Crippen molar-refractivity contribution >= 4 is 11.6 Å². The molecule has 5 heteroatoms. The van der Waals surface area contributed by atoms with Crippen molar-refractivity contribution in [3.8, 4) is 11.3 Å². The SMILES string of the molecule is Cc1cccc2nc(-c3ccc(F)cc3)c(C(=O)O)n12. The number of hydrogen-bond donors (Lipinski definition) is 1. The first-order valence-corrected chi connectivity index (χ1v) is 6.05. The maximum Gasteiger partial charge on any atom is 0.355 e. The number of carboxylic acids is 1. The average molecular weight is 270 g/mol. The van der Waals surface area contributed by atoms with Gasteiger partial charge >= 0.3 is 5.97 Å². The quantitative estimate of drug-likeness (QED) is 0.778. The molecule has 0 spiro atoms. The monoisotopic (exact) mass is 270 g/mol. The topological polar surface area (TPSA) is 54.6 Å². The normalized spacial score (nSPS) is 10.9. The molecule has 0 radical (unpaired) electrons. The number of halogens is 1. The minimum absolute atomic E-state index is 0.0877. The number of imidazole rings is 1. The number of aromatic nitrogens is 2. The largest absolute Gasteiger partial charge is 0.476 e. The number of nitrogens with zero attached hydrogens (tertiary/aromatic N) is 2. The van der Waals surface area contributed by atoms with Gasteiger partial charge in [0.1, 0.15) is 17.2 Å². The third-order valence-electron chi connectivity index (χ3n) is 3.16. The molecule has 0 saturated heterocycles. The van der Waals surface area contributed by atoms with E-state index in [1.54, 1.807) is 10.5 Å². The molecule has 0 aliphatic rings. The van der Waals surface area contributed by atoms with Crippen LogP contribution in [0.25, 0.3) is 16.9 Å². The van der Waals surface area contributed by atoms with Crippen molar-refractivity contribution in [3.05, 3.63) is 59.7 Å². The van der Waals surface area contributed by atoms with Crippen LogP contribution in [0.15, 0.2) is 42.5 Å². The van der Waals surface area contributed by atoms with Crippen LogP contribution in [0.2, 0.25) is 0 Å². The van der Waals surface area contributed by atoms with Gasteiger partial charge in [0, 0.05) is 11.3 Å². The minimum Gasteiger partial charge on any atom is -0.476 e. The Bertz CT molecular complexity index is 807. The molecular formula is C15H11FN2O2. The van der Waals surface area contributed by atoms with E-state index in [0.29, 0.717) is 16.9 Å². The summed E-state index contributed by atoms with van der Waals surface area (Å²) >= 11 is 0. The third kappa shape index (κ3) is 1.84. The fourth-order valence-electron chi connectivity index (χ4n) is 2.26. The number of pyridine rings is 1. The first-order chi connectivity index (χ1) is 9.58. The zero-order valence-corrected chi connectivity index (χ0v) is 10.7. The average Bonchev–Trinajstić information content (AvgIpc) is 2.80. The van der Waals surface area contributed by atoms with Crippen LogP contribution in [0, 0.1) is 12.7 Å². The van der Waals surface area contributed by atoms with Gasteiger partial charge in [-0.3, -0.25) is 4.40 Å². The Morgan fingerprint density at radius 1 is 1.20 bits per heavy atom. The highest BCUT2D eigenvalue weighted by Crippen LogP contribution is 2.25. The van der Waals surface area contributed by atoms with Gasteiger partial charge in [-0.15, -0.1) is 0 Å². The number of fused-ring (bicyclic) bond motifs is 1. The van der Waals surface area contributed by atoms with Gasteiger partial charge < -0.3 is 5.11 Å².